The summed E-state index contributed by atoms with van der Waals surface area (Å²) in [6.45, 7) is 2.26. The lowest BCUT2D eigenvalue weighted by molar-refractivity contribution is -0.128. The van der Waals surface area contributed by atoms with Crippen LogP contribution in [0.1, 0.15) is 19.8 Å². The van der Waals surface area contributed by atoms with Crippen LogP contribution >= 0.6 is 0 Å². The van der Waals surface area contributed by atoms with Crippen molar-refractivity contribution < 1.29 is 19.4 Å². The van der Waals surface area contributed by atoms with Gasteiger partial charge in [-0.3, -0.25) is 9.59 Å². The fraction of sp³-hybridized carbons (Fsp3) is 0.778. The van der Waals surface area contributed by atoms with Crippen molar-refractivity contribution in [1.82, 2.24) is 5.32 Å². The van der Waals surface area contributed by atoms with E-state index in [1.54, 1.807) is 0 Å². The molecule has 1 unspecified atom stereocenters. The molecule has 1 aliphatic heterocycles. The van der Waals surface area contributed by atoms with Crippen molar-refractivity contribution in [2.45, 2.75) is 25.4 Å². The molecule has 0 aromatic rings. The van der Waals surface area contributed by atoms with E-state index < -0.39 is 5.60 Å². The minimum Gasteiger partial charge on any atom is -0.386 e. The summed E-state index contributed by atoms with van der Waals surface area (Å²) in [5.74, 6) is -0.532. The Morgan fingerprint density at radius 3 is 2.79 bits per heavy atom. The standard InChI is InChI=1S/C9H15NO4/c1-7(11)4-8(12)10-5-9(13)2-3-14-6-9/h13H,2-6H2,1H3,(H,10,12). The van der Waals surface area contributed by atoms with Crippen LogP contribution in [0, 0.1) is 0 Å². The van der Waals surface area contributed by atoms with Gasteiger partial charge in [-0.25, -0.2) is 0 Å². The molecular formula is C9H15NO4. The zero-order chi connectivity index (χ0) is 10.6. The number of nitrogens with one attached hydrogen (secondary N) is 1. The number of carbonyl (C=O) groups excluding carboxylic acids is 2. The molecule has 0 radical (unpaired) electrons. The van der Waals surface area contributed by atoms with Crippen molar-refractivity contribution in [3.8, 4) is 0 Å². The molecule has 0 saturated carbocycles. The highest BCUT2D eigenvalue weighted by atomic mass is 16.5. The number of aliphatic hydroxyl groups is 1. The lowest BCUT2D eigenvalue weighted by Crippen LogP contribution is -2.43. The maximum Gasteiger partial charge on any atom is 0.227 e. The van der Waals surface area contributed by atoms with Crippen LogP contribution in [0.5, 0.6) is 0 Å². The highest BCUT2D eigenvalue weighted by molar-refractivity contribution is 5.96. The van der Waals surface area contributed by atoms with Gasteiger partial charge in [0.1, 0.15) is 11.4 Å². The second-order valence-corrected chi connectivity index (χ2v) is 3.68. The molecule has 0 aromatic carbocycles. The summed E-state index contributed by atoms with van der Waals surface area (Å²) in [6.07, 6.45) is 0.393. The Bertz CT molecular complexity index is 233. The summed E-state index contributed by atoms with van der Waals surface area (Å²) in [4.78, 5) is 21.7. The average Bonchev–Trinajstić information content (AvgIpc) is 2.49. The third kappa shape index (κ3) is 3.43. The molecule has 0 spiro atoms. The van der Waals surface area contributed by atoms with Gasteiger partial charge in [-0.15, -0.1) is 0 Å². The maximum absolute atomic E-state index is 11.1. The molecule has 1 saturated heterocycles. The van der Waals surface area contributed by atoms with Gasteiger partial charge < -0.3 is 15.2 Å². The first-order valence-corrected chi connectivity index (χ1v) is 4.58. The summed E-state index contributed by atoms with van der Waals surface area (Å²) < 4.78 is 5.01. The average molecular weight is 201 g/mol. The van der Waals surface area contributed by atoms with E-state index in [0.717, 1.165) is 0 Å². The molecule has 80 valence electrons. The Morgan fingerprint density at radius 1 is 1.57 bits per heavy atom. The van der Waals surface area contributed by atoms with Gasteiger partial charge in [0.05, 0.1) is 13.0 Å². The van der Waals surface area contributed by atoms with E-state index in [-0.39, 0.29) is 31.3 Å². The van der Waals surface area contributed by atoms with Crippen LogP contribution in [0.2, 0.25) is 0 Å². The van der Waals surface area contributed by atoms with E-state index in [9.17, 15) is 14.7 Å². The Kier molecular flexibility index (Phi) is 3.60. The van der Waals surface area contributed by atoms with Crippen molar-refractivity contribution in [1.29, 1.82) is 0 Å². The minimum atomic E-state index is -0.952. The Balaban J connectivity index is 2.25. The number of ketones is 1. The summed E-state index contributed by atoms with van der Waals surface area (Å²) in [5, 5.41) is 12.3. The van der Waals surface area contributed by atoms with Crippen LogP contribution in [-0.4, -0.2) is 42.2 Å². The van der Waals surface area contributed by atoms with E-state index in [4.69, 9.17) is 4.74 Å². The van der Waals surface area contributed by atoms with Crippen LogP contribution < -0.4 is 5.32 Å². The molecule has 1 atom stereocenters. The van der Waals surface area contributed by atoms with Gasteiger partial charge in [-0.1, -0.05) is 0 Å². The Labute approximate surface area is 82.4 Å². The molecule has 1 rings (SSSR count). The largest absolute Gasteiger partial charge is 0.386 e. The third-order valence-electron chi connectivity index (χ3n) is 2.11. The zero-order valence-electron chi connectivity index (χ0n) is 8.21. The van der Waals surface area contributed by atoms with Gasteiger partial charge in [0.2, 0.25) is 5.91 Å². The lowest BCUT2D eigenvalue weighted by Gasteiger charge is -2.20. The van der Waals surface area contributed by atoms with Crippen LogP contribution in [0.3, 0.4) is 0 Å². The van der Waals surface area contributed by atoms with Crippen molar-refractivity contribution in [3.05, 3.63) is 0 Å². The number of ether oxygens (including phenoxy) is 1. The van der Waals surface area contributed by atoms with E-state index in [1.165, 1.54) is 6.92 Å². The highest BCUT2D eigenvalue weighted by Gasteiger charge is 2.32. The van der Waals surface area contributed by atoms with Gasteiger partial charge in [-0.2, -0.15) is 0 Å². The molecule has 1 amide bonds. The predicted molar refractivity (Wildman–Crippen MR) is 48.7 cm³/mol. The molecule has 14 heavy (non-hydrogen) atoms. The van der Waals surface area contributed by atoms with Crippen LogP contribution in [0.4, 0.5) is 0 Å². The quantitative estimate of drug-likeness (QED) is 0.586. The number of hydrogen-bond acceptors (Lipinski definition) is 4. The van der Waals surface area contributed by atoms with Crippen LogP contribution in [0.25, 0.3) is 0 Å². The first-order chi connectivity index (χ1) is 6.52. The van der Waals surface area contributed by atoms with Crippen molar-refractivity contribution >= 4 is 11.7 Å². The Hall–Kier alpha value is -0.940. The normalized spacial score (nSPS) is 26.1. The number of Topliss-reactive ketones (excluding diaryl/α,β-unsaturated/α-hetero) is 1. The SMILES string of the molecule is CC(=O)CC(=O)NCC1(O)CCOC1. The van der Waals surface area contributed by atoms with Crippen molar-refractivity contribution in [2.75, 3.05) is 19.8 Å². The van der Waals surface area contributed by atoms with Gasteiger partial charge in [-0.05, 0) is 6.92 Å². The Morgan fingerprint density at radius 2 is 2.29 bits per heavy atom. The molecular weight excluding hydrogens is 186 g/mol. The molecule has 5 heteroatoms. The molecule has 2 N–H and O–H groups in total. The topological polar surface area (TPSA) is 75.6 Å². The van der Waals surface area contributed by atoms with Crippen molar-refractivity contribution in [3.63, 3.8) is 0 Å². The highest BCUT2D eigenvalue weighted by Crippen LogP contribution is 2.16. The first-order valence-electron chi connectivity index (χ1n) is 4.58. The second kappa shape index (κ2) is 4.52. The summed E-state index contributed by atoms with van der Waals surface area (Å²) in [7, 11) is 0. The molecule has 0 aliphatic carbocycles. The smallest absolute Gasteiger partial charge is 0.227 e. The number of rotatable bonds is 4. The lowest BCUT2D eigenvalue weighted by atomic mass is 10.0. The predicted octanol–water partition coefficient (Wildman–Crippen LogP) is -0.767. The van der Waals surface area contributed by atoms with Crippen LogP contribution in [-0.2, 0) is 14.3 Å². The molecule has 1 aliphatic rings. The third-order valence-corrected chi connectivity index (χ3v) is 2.11. The molecule has 1 heterocycles. The minimum absolute atomic E-state index is 0.128. The second-order valence-electron chi connectivity index (χ2n) is 3.68. The van der Waals surface area contributed by atoms with E-state index >= 15 is 0 Å². The van der Waals surface area contributed by atoms with Gasteiger partial charge >= 0.3 is 0 Å². The summed E-state index contributed by atoms with van der Waals surface area (Å²) in [5.41, 5.74) is -0.952. The van der Waals surface area contributed by atoms with Gasteiger partial charge in [0, 0.05) is 19.6 Å². The number of hydrogen-bond donors (Lipinski definition) is 2. The zero-order valence-corrected chi connectivity index (χ0v) is 8.21. The van der Waals surface area contributed by atoms with Gasteiger partial charge in [0.25, 0.3) is 0 Å². The molecule has 0 aromatic heterocycles. The number of carbonyl (C=O) groups is 2. The van der Waals surface area contributed by atoms with Gasteiger partial charge in [0.15, 0.2) is 0 Å². The van der Waals surface area contributed by atoms with E-state index in [1.807, 2.05) is 0 Å². The monoisotopic (exact) mass is 201 g/mol. The fourth-order valence-electron chi connectivity index (χ4n) is 1.29. The fourth-order valence-corrected chi connectivity index (χ4v) is 1.29. The number of amides is 1. The van der Waals surface area contributed by atoms with E-state index in [2.05, 4.69) is 5.32 Å². The molecule has 5 nitrogen and oxygen atoms in total. The molecule has 0 bridgehead atoms. The van der Waals surface area contributed by atoms with Crippen molar-refractivity contribution in [2.24, 2.45) is 0 Å². The summed E-state index contributed by atoms with van der Waals surface area (Å²) >= 11 is 0. The van der Waals surface area contributed by atoms with E-state index in [0.29, 0.717) is 13.0 Å². The molecule has 1 fully saturated rings. The first kappa shape index (κ1) is 11.1. The summed E-state index contributed by atoms with van der Waals surface area (Å²) in [6, 6.07) is 0. The maximum atomic E-state index is 11.1. The van der Waals surface area contributed by atoms with Crippen LogP contribution in [0.15, 0.2) is 0 Å².